The van der Waals surface area contributed by atoms with E-state index in [9.17, 15) is 17.6 Å². The fourth-order valence-corrected chi connectivity index (χ4v) is 8.07. The van der Waals surface area contributed by atoms with Gasteiger partial charge in [0.25, 0.3) is 10.0 Å². The van der Waals surface area contributed by atoms with E-state index in [1.165, 1.54) is 31.4 Å². The third-order valence-corrected chi connectivity index (χ3v) is 9.36. The maximum atomic E-state index is 13.5. The SMILES string of the molecule is CCOc1ccc(N(CC(=O)NC23CC4CC(CC(C4)C2)C3)S(=O)(=O)c2ccc(F)cc2)cc1. The van der Waals surface area contributed by atoms with E-state index in [1.807, 2.05) is 6.92 Å². The minimum atomic E-state index is -4.09. The van der Waals surface area contributed by atoms with Gasteiger partial charge in [0.1, 0.15) is 18.1 Å². The number of carbonyl (C=O) groups excluding carboxylic acids is 1. The van der Waals surface area contributed by atoms with Crippen LogP contribution in [-0.4, -0.2) is 33.0 Å². The van der Waals surface area contributed by atoms with Crippen LogP contribution in [0.1, 0.15) is 45.4 Å². The van der Waals surface area contributed by atoms with Gasteiger partial charge in [-0.1, -0.05) is 0 Å². The molecule has 4 aliphatic carbocycles. The second-order valence-electron chi connectivity index (χ2n) is 10.1. The van der Waals surface area contributed by atoms with Gasteiger partial charge in [-0.3, -0.25) is 9.10 Å². The van der Waals surface area contributed by atoms with Crippen LogP contribution in [0.15, 0.2) is 53.4 Å². The number of carbonyl (C=O) groups is 1. The van der Waals surface area contributed by atoms with Gasteiger partial charge in [0.05, 0.1) is 17.2 Å². The second-order valence-corrected chi connectivity index (χ2v) is 12.0. The van der Waals surface area contributed by atoms with Gasteiger partial charge < -0.3 is 10.1 Å². The highest BCUT2D eigenvalue weighted by molar-refractivity contribution is 7.92. The molecule has 2 aromatic carbocycles. The number of sulfonamides is 1. The number of anilines is 1. The van der Waals surface area contributed by atoms with Crippen LogP contribution in [0.2, 0.25) is 0 Å². The summed E-state index contributed by atoms with van der Waals surface area (Å²) in [6, 6.07) is 11.3. The molecule has 4 bridgehead atoms. The topological polar surface area (TPSA) is 75.7 Å². The molecule has 1 N–H and O–H groups in total. The van der Waals surface area contributed by atoms with Gasteiger partial charge in [0, 0.05) is 5.54 Å². The summed E-state index contributed by atoms with van der Waals surface area (Å²) in [5, 5.41) is 3.26. The average molecular weight is 487 g/mol. The number of ether oxygens (including phenoxy) is 1. The molecule has 0 aromatic heterocycles. The monoisotopic (exact) mass is 486 g/mol. The average Bonchev–Trinajstić information content (AvgIpc) is 2.77. The van der Waals surface area contributed by atoms with E-state index in [0.29, 0.717) is 35.8 Å². The Morgan fingerprint density at radius 1 is 1.00 bits per heavy atom. The van der Waals surface area contributed by atoms with Crippen LogP contribution in [-0.2, 0) is 14.8 Å². The third kappa shape index (κ3) is 4.52. The van der Waals surface area contributed by atoms with Gasteiger partial charge in [0.2, 0.25) is 5.91 Å². The van der Waals surface area contributed by atoms with E-state index in [1.54, 1.807) is 24.3 Å². The van der Waals surface area contributed by atoms with Crippen molar-refractivity contribution < 1.29 is 22.3 Å². The molecular formula is C26H31FN2O4S. The Labute approximate surface area is 200 Å². The zero-order valence-electron chi connectivity index (χ0n) is 19.4. The highest BCUT2D eigenvalue weighted by atomic mass is 32.2. The third-order valence-electron chi connectivity index (χ3n) is 7.57. The van der Waals surface area contributed by atoms with Crippen LogP contribution < -0.4 is 14.4 Å². The Morgan fingerprint density at radius 2 is 1.56 bits per heavy atom. The summed E-state index contributed by atoms with van der Waals surface area (Å²) in [7, 11) is -4.09. The van der Waals surface area contributed by atoms with Gasteiger partial charge >= 0.3 is 0 Å². The predicted molar refractivity (Wildman–Crippen MR) is 128 cm³/mol. The zero-order valence-corrected chi connectivity index (χ0v) is 20.2. The van der Waals surface area contributed by atoms with Crippen molar-refractivity contribution in [1.29, 1.82) is 0 Å². The lowest BCUT2D eigenvalue weighted by Gasteiger charge is -2.57. The van der Waals surface area contributed by atoms with E-state index in [4.69, 9.17) is 4.74 Å². The lowest BCUT2D eigenvalue weighted by atomic mass is 9.53. The molecule has 4 saturated carbocycles. The fourth-order valence-electron chi connectivity index (χ4n) is 6.65. The van der Waals surface area contributed by atoms with Crippen LogP contribution >= 0.6 is 0 Å². The molecule has 0 spiro atoms. The summed E-state index contributed by atoms with van der Waals surface area (Å²) in [5.74, 6) is 1.78. The summed E-state index contributed by atoms with van der Waals surface area (Å²) in [6.45, 7) is 2.02. The summed E-state index contributed by atoms with van der Waals surface area (Å²) < 4.78 is 47.1. The maximum absolute atomic E-state index is 13.5. The van der Waals surface area contributed by atoms with Gasteiger partial charge in [-0.15, -0.1) is 0 Å². The van der Waals surface area contributed by atoms with E-state index in [0.717, 1.165) is 35.7 Å². The van der Waals surface area contributed by atoms with Gasteiger partial charge in [-0.25, -0.2) is 12.8 Å². The predicted octanol–water partition coefficient (Wildman–Crippen LogP) is 4.50. The van der Waals surface area contributed by atoms with E-state index >= 15 is 0 Å². The molecule has 4 fully saturated rings. The molecular weight excluding hydrogens is 455 g/mol. The Kier molecular flexibility index (Phi) is 6.04. The zero-order chi connectivity index (χ0) is 23.9. The maximum Gasteiger partial charge on any atom is 0.264 e. The Morgan fingerprint density at radius 3 is 2.09 bits per heavy atom. The van der Waals surface area contributed by atoms with Crippen LogP contribution in [0.25, 0.3) is 0 Å². The first-order valence-corrected chi connectivity index (χ1v) is 13.5. The van der Waals surface area contributed by atoms with E-state index in [2.05, 4.69) is 5.32 Å². The summed E-state index contributed by atoms with van der Waals surface area (Å²) in [4.78, 5) is 13.2. The quantitative estimate of drug-likeness (QED) is 0.596. The Bertz CT molecular complexity index is 1110. The largest absolute Gasteiger partial charge is 0.494 e. The van der Waals surface area contributed by atoms with Crippen LogP contribution in [0.5, 0.6) is 5.75 Å². The minimum Gasteiger partial charge on any atom is -0.494 e. The molecule has 0 saturated heterocycles. The molecule has 0 atom stereocenters. The lowest BCUT2D eigenvalue weighted by molar-refractivity contribution is -0.125. The normalized spacial score (nSPS) is 27.4. The highest BCUT2D eigenvalue weighted by Crippen LogP contribution is 2.55. The van der Waals surface area contributed by atoms with Crippen molar-refractivity contribution in [2.75, 3.05) is 17.5 Å². The number of hydrogen-bond acceptors (Lipinski definition) is 4. The van der Waals surface area contributed by atoms with Crippen molar-refractivity contribution in [3.8, 4) is 5.75 Å². The summed E-state index contributed by atoms with van der Waals surface area (Å²) in [5.41, 5.74) is 0.143. The first kappa shape index (κ1) is 23.1. The molecule has 34 heavy (non-hydrogen) atoms. The molecule has 4 aliphatic rings. The minimum absolute atomic E-state index is 0.0645. The number of rotatable bonds is 8. The van der Waals surface area contributed by atoms with E-state index in [-0.39, 0.29) is 22.9 Å². The molecule has 0 heterocycles. The smallest absolute Gasteiger partial charge is 0.264 e. The van der Waals surface area contributed by atoms with Crippen molar-refractivity contribution in [3.05, 3.63) is 54.3 Å². The number of hydrogen-bond donors (Lipinski definition) is 1. The summed E-state index contributed by atoms with van der Waals surface area (Å²) in [6.07, 6.45) is 6.72. The Hall–Kier alpha value is -2.61. The molecule has 182 valence electrons. The molecule has 0 aliphatic heterocycles. The molecule has 1 amide bonds. The van der Waals surface area contributed by atoms with E-state index < -0.39 is 15.8 Å². The molecule has 0 radical (unpaired) electrons. The van der Waals surface area contributed by atoms with Gasteiger partial charge in [-0.2, -0.15) is 0 Å². The first-order chi connectivity index (χ1) is 16.3. The van der Waals surface area contributed by atoms with Crippen LogP contribution in [0.3, 0.4) is 0 Å². The van der Waals surface area contributed by atoms with Crippen LogP contribution in [0, 0.1) is 23.6 Å². The van der Waals surface area contributed by atoms with Crippen molar-refractivity contribution >= 4 is 21.6 Å². The molecule has 6 rings (SSSR count). The number of halogens is 1. The number of nitrogens with zero attached hydrogens (tertiary/aromatic N) is 1. The molecule has 6 nitrogen and oxygen atoms in total. The Balaban J connectivity index is 1.41. The second kappa shape index (κ2) is 8.87. The van der Waals surface area contributed by atoms with Crippen molar-refractivity contribution in [2.24, 2.45) is 17.8 Å². The molecule has 0 unspecified atom stereocenters. The van der Waals surface area contributed by atoms with Crippen molar-refractivity contribution in [1.82, 2.24) is 5.32 Å². The number of benzene rings is 2. The highest BCUT2D eigenvalue weighted by Gasteiger charge is 2.51. The van der Waals surface area contributed by atoms with Gasteiger partial charge in [0.15, 0.2) is 0 Å². The fraction of sp³-hybridized carbons (Fsp3) is 0.500. The standard InChI is InChI=1S/C26H31FN2O4S/c1-2-33-23-7-5-22(6-8-23)29(34(31,32)24-9-3-21(27)4-10-24)17-25(30)28-26-14-18-11-19(15-26)13-20(12-18)16-26/h3-10,18-20H,2,11-17H2,1H3,(H,28,30). The van der Waals surface area contributed by atoms with Crippen LogP contribution in [0.4, 0.5) is 10.1 Å². The number of amides is 1. The molecule has 8 heteroatoms. The van der Waals surface area contributed by atoms with Crippen molar-refractivity contribution in [2.45, 2.75) is 55.9 Å². The molecule has 2 aromatic rings. The summed E-state index contributed by atoms with van der Waals surface area (Å²) >= 11 is 0. The number of nitrogens with one attached hydrogen (secondary N) is 1. The van der Waals surface area contributed by atoms with Crippen molar-refractivity contribution in [3.63, 3.8) is 0 Å². The first-order valence-electron chi connectivity index (χ1n) is 12.1. The lowest BCUT2D eigenvalue weighted by Crippen LogP contribution is -2.61. The van der Waals surface area contributed by atoms with Gasteiger partial charge in [-0.05, 0) is 112 Å².